The number of carbonyl (C=O) groups excluding carboxylic acids is 1. The fourth-order valence-electron chi connectivity index (χ4n) is 1.15. The molecule has 0 unspecified atom stereocenters. The van der Waals surface area contributed by atoms with Crippen LogP contribution in [0.1, 0.15) is 12.0 Å². The van der Waals surface area contributed by atoms with E-state index in [1.807, 2.05) is 30.3 Å². The summed E-state index contributed by atoms with van der Waals surface area (Å²) in [4.78, 5) is 10.9. The van der Waals surface area contributed by atoms with Crippen molar-refractivity contribution in [3.63, 3.8) is 0 Å². The Labute approximate surface area is 96.2 Å². The minimum atomic E-state index is 0.0449. The third kappa shape index (κ3) is 5.18. The van der Waals surface area contributed by atoms with Crippen molar-refractivity contribution in [3.8, 4) is 11.8 Å². The molecule has 0 aliphatic heterocycles. The first-order valence-corrected chi connectivity index (χ1v) is 5.28. The number of nitrogens with one attached hydrogen (secondary N) is 2. The van der Waals surface area contributed by atoms with E-state index in [0.29, 0.717) is 19.5 Å². The number of rotatable bonds is 4. The lowest BCUT2D eigenvalue weighted by atomic mass is 10.2. The fourth-order valence-corrected chi connectivity index (χ4v) is 1.15. The Kier molecular flexibility index (Phi) is 5.75. The van der Waals surface area contributed by atoms with Gasteiger partial charge in [-0.3, -0.25) is 4.79 Å². The summed E-state index contributed by atoms with van der Waals surface area (Å²) in [7, 11) is 1.64. The summed E-state index contributed by atoms with van der Waals surface area (Å²) in [5.41, 5.74) is 1.01. The molecule has 0 aromatic heterocycles. The molecule has 1 rings (SSSR count). The number of hydrogen-bond acceptors (Lipinski definition) is 2. The molecule has 0 fully saturated rings. The summed E-state index contributed by atoms with van der Waals surface area (Å²) >= 11 is 0. The van der Waals surface area contributed by atoms with E-state index in [4.69, 9.17) is 0 Å². The molecule has 0 heterocycles. The predicted molar refractivity (Wildman–Crippen MR) is 64.9 cm³/mol. The second kappa shape index (κ2) is 7.49. The zero-order valence-electron chi connectivity index (χ0n) is 9.42. The van der Waals surface area contributed by atoms with Crippen LogP contribution in [0.15, 0.2) is 30.3 Å². The topological polar surface area (TPSA) is 41.1 Å². The van der Waals surface area contributed by atoms with Crippen LogP contribution in [0, 0.1) is 11.8 Å². The van der Waals surface area contributed by atoms with Crippen LogP contribution in [-0.2, 0) is 4.79 Å². The summed E-state index contributed by atoms with van der Waals surface area (Å²) in [6, 6.07) is 9.83. The summed E-state index contributed by atoms with van der Waals surface area (Å²) in [5.74, 6) is 6.08. The van der Waals surface area contributed by atoms with Crippen molar-refractivity contribution >= 4 is 5.91 Å². The van der Waals surface area contributed by atoms with Crippen molar-refractivity contribution in [2.75, 3.05) is 20.1 Å². The summed E-state index contributed by atoms with van der Waals surface area (Å²) in [5, 5.41) is 5.65. The fraction of sp³-hybridized carbons (Fsp3) is 0.308. The van der Waals surface area contributed by atoms with E-state index < -0.39 is 0 Å². The Morgan fingerprint density at radius 1 is 1.31 bits per heavy atom. The highest BCUT2D eigenvalue weighted by Gasteiger charge is 1.94. The van der Waals surface area contributed by atoms with Gasteiger partial charge in [0.15, 0.2) is 0 Å². The summed E-state index contributed by atoms with van der Waals surface area (Å²) < 4.78 is 0. The standard InChI is InChI=1S/C13H16N2O/c1-14-13(16)9-11-15-10-5-8-12-6-3-2-4-7-12/h2-4,6-7,15H,9-11H2,1H3,(H,14,16). The Balaban J connectivity index is 2.17. The van der Waals surface area contributed by atoms with Crippen molar-refractivity contribution in [3.05, 3.63) is 35.9 Å². The highest BCUT2D eigenvalue weighted by Crippen LogP contribution is 1.93. The van der Waals surface area contributed by atoms with E-state index in [0.717, 1.165) is 5.56 Å². The largest absolute Gasteiger partial charge is 0.359 e. The molecular formula is C13H16N2O. The third-order valence-electron chi connectivity index (χ3n) is 2.03. The van der Waals surface area contributed by atoms with Gasteiger partial charge in [-0.15, -0.1) is 0 Å². The minimum absolute atomic E-state index is 0.0449. The first kappa shape index (κ1) is 12.3. The van der Waals surface area contributed by atoms with E-state index in [9.17, 15) is 4.79 Å². The zero-order chi connectivity index (χ0) is 11.6. The molecule has 0 radical (unpaired) electrons. The lowest BCUT2D eigenvalue weighted by molar-refractivity contribution is -0.120. The molecule has 16 heavy (non-hydrogen) atoms. The molecular weight excluding hydrogens is 200 g/mol. The summed E-state index contributed by atoms with van der Waals surface area (Å²) in [6.07, 6.45) is 0.490. The maximum absolute atomic E-state index is 10.9. The molecule has 84 valence electrons. The number of amides is 1. The average molecular weight is 216 g/mol. The molecule has 1 aromatic rings. The van der Waals surface area contributed by atoms with Crippen molar-refractivity contribution in [2.24, 2.45) is 0 Å². The smallest absolute Gasteiger partial charge is 0.221 e. The van der Waals surface area contributed by atoms with Gasteiger partial charge < -0.3 is 10.6 Å². The van der Waals surface area contributed by atoms with Crippen LogP contribution in [0.3, 0.4) is 0 Å². The molecule has 0 aliphatic carbocycles. The zero-order valence-corrected chi connectivity index (χ0v) is 9.42. The highest BCUT2D eigenvalue weighted by molar-refractivity contribution is 5.75. The van der Waals surface area contributed by atoms with Crippen LogP contribution in [0.5, 0.6) is 0 Å². The number of carbonyl (C=O) groups is 1. The Morgan fingerprint density at radius 3 is 2.75 bits per heavy atom. The van der Waals surface area contributed by atoms with Crippen molar-refractivity contribution in [2.45, 2.75) is 6.42 Å². The molecule has 3 nitrogen and oxygen atoms in total. The quantitative estimate of drug-likeness (QED) is 0.576. The number of benzene rings is 1. The van der Waals surface area contributed by atoms with Gasteiger partial charge in [0, 0.05) is 25.6 Å². The van der Waals surface area contributed by atoms with Crippen LogP contribution >= 0.6 is 0 Å². The SMILES string of the molecule is CNC(=O)CCNCC#Cc1ccccc1. The molecule has 0 saturated carbocycles. The maximum Gasteiger partial charge on any atom is 0.221 e. The lowest BCUT2D eigenvalue weighted by Gasteiger charge is -1.98. The van der Waals surface area contributed by atoms with E-state index in [1.165, 1.54) is 0 Å². The van der Waals surface area contributed by atoms with Gasteiger partial charge in [0.1, 0.15) is 0 Å². The van der Waals surface area contributed by atoms with Gasteiger partial charge in [0.25, 0.3) is 0 Å². The molecule has 1 aromatic carbocycles. The first-order valence-electron chi connectivity index (χ1n) is 5.28. The third-order valence-corrected chi connectivity index (χ3v) is 2.03. The van der Waals surface area contributed by atoms with Gasteiger partial charge >= 0.3 is 0 Å². The van der Waals surface area contributed by atoms with Crippen molar-refractivity contribution in [1.29, 1.82) is 0 Å². The van der Waals surface area contributed by atoms with Crippen LogP contribution in [0.25, 0.3) is 0 Å². The number of hydrogen-bond donors (Lipinski definition) is 2. The van der Waals surface area contributed by atoms with Crippen LogP contribution in [0.4, 0.5) is 0 Å². The van der Waals surface area contributed by atoms with E-state index in [1.54, 1.807) is 7.05 Å². The molecule has 0 saturated heterocycles. The summed E-state index contributed by atoms with van der Waals surface area (Å²) in [6.45, 7) is 1.26. The molecule has 0 bridgehead atoms. The molecule has 0 spiro atoms. The average Bonchev–Trinajstić information content (AvgIpc) is 2.34. The minimum Gasteiger partial charge on any atom is -0.359 e. The van der Waals surface area contributed by atoms with Gasteiger partial charge in [0.05, 0.1) is 6.54 Å². The Morgan fingerprint density at radius 2 is 2.06 bits per heavy atom. The maximum atomic E-state index is 10.9. The van der Waals surface area contributed by atoms with Crippen LogP contribution in [-0.4, -0.2) is 26.0 Å². The molecule has 0 aliphatic rings. The van der Waals surface area contributed by atoms with E-state index >= 15 is 0 Å². The Hall–Kier alpha value is -1.79. The van der Waals surface area contributed by atoms with Crippen LogP contribution < -0.4 is 10.6 Å². The Bertz CT molecular complexity index is 376. The van der Waals surface area contributed by atoms with Gasteiger partial charge in [-0.1, -0.05) is 30.0 Å². The predicted octanol–water partition coefficient (Wildman–Crippen LogP) is 0.764. The molecule has 3 heteroatoms. The second-order valence-electron chi connectivity index (χ2n) is 3.27. The molecule has 1 amide bonds. The second-order valence-corrected chi connectivity index (χ2v) is 3.27. The molecule has 0 atom stereocenters. The monoisotopic (exact) mass is 216 g/mol. The van der Waals surface area contributed by atoms with Crippen molar-refractivity contribution < 1.29 is 4.79 Å². The van der Waals surface area contributed by atoms with Gasteiger partial charge in [-0.05, 0) is 12.1 Å². The molecule has 2 N–H and O–H groups in total. The normalized spacial score (nSPS) is 9.06. The lowest BCUT2D eigenvalue weighted by Crippen LogP contribution is -2.24. The van der Waals surface area contributed by atoms with Gasteiger partial charge in [-0.2, -0.15) is 0 Å². The van der Waals surface area contributed by atoms with Crippen molar-refractivity contribution in [1.82, 2.24) is 10.6 Å². The van der Waals surface area contributed by atoms with Crippen LogP contribution in [0.2, 0.25) is 0 Å². The first-order chi connectivity index (χ1) is 7.83. The van der Waals surface area contributed by atoms with Gasteiger partial charge in [0.2, 0.25) is 5.91 Å². The van der Waals surface area contributed by atoms with E-state index in [-0.39, 0.29) is 5.91 Å². The highest BCUT2D eigenvalue weighted by atomic mass is 16.1. The van der Waals surface area contributed by atoms with Gasteiger partial charge in [-0.25, -0.2) is 0 Å². The van der Waals surface area contributed by atoms with E-state index in [2.05, 4.69) is 22.5 Å².